The summed E-state index contributed by atoms with van der Waals surface area (Å²) < 4.78 is 25.4. The predicted molar refractivity (Wildman–Crippen MR) is 90.7 cm³/mol. The molecule has 132 valence electrons. The molecule has 1 aromatic heterocycles. The highest BCUT2D eigenvalue weighted by atomic mass is 19.1. The van der Waals surface area contributed by atoms with E-state index in [4.69, 9.17) is 9.47 Å². The third-order valence-electron chi connectivity index (χ3n) is 4.12. The van der Waals surface area contributed by atoms with Crippen LogP contribution in [0, 0.1) is 5.82 Å². The normalized spacial score (nSPS) is 12.4. The first-order valence-electron chi connectivity index (χ1n) is 7.86. The Morgan fingerprint density at radius 3 is 2.88 bits per heavy atom. The van der Waals surface area contributed by atoms with E-state index in [0.29, 0.717) is 17.0 Å². The van der Waals surface area contributed by atoms with Crippen LogP contribution >= 0.6 is 0 Å². The van der Waals surface area contributed by atoms with E-state index in [1.807, 2.05) is 0 Å². The zero-order valence-corrected chi connectivity index (χ0v) is 13.8. The number of nitrogens with zero attached hydrogens (tertiary/aromatic N) is 2. The molecular formula is C18H14FN3O4. The Hall–Kier alpha value is -3.42. The maximum atomic E-state index is 13.5. The summed E-state index contributed by atoms with van der Waals surface area (Å²) in [5.41, 5.74) is 0.335. The van der Waals surface area contributed by atoms with E-state index in [9.17, 15) is 14.0 Å². The highest BCUT2D eigenvalue weighted by Gasteiger charge is 2.18. The molecule has 0 aliphatic carbocycles. The summed E-state index contributed by atoms with van der Waals surface area (Å²) >= 11 is 0. The Balaban J connectivity index is 1.60. The van der Waals surface area contributed by atoms with Crippen LogP contribution in [0.2, 0.25) is 0 Å². The number of aryl methyl sites for hydroxylation is 1. The number of nitrogens with one attached hydrogen (secondary N) is 1. The van der Waals surface area contributed by atoms with Crippen LogP contribution in [0.5, 0.6) is 11.5 Å². The van der Waals surface area contributed by atoms with Crippen LogP contribution in [0.4, 0.5) is 4.39 Å². The minimum atomic E-state index is -0.630. The lowest BCUT2D eigenvalue weighted by Crippen LogP contribution is -2.31. The largest absolute Gasteiger partial charge is 0.454 e. The number of fused-ring (bicyclic) bond motifs is 2. The van der Waals surface area contributed by atoms with Gasteiger partial charge in [-0.3, -0.25) is 14.3 Å². The molecular weight excluding hydrogens is 341 g/mol. The number of aromatic nitrogens is 2. The van der Waals surface area contributed by atoms with Crippen molar-refractivity contribution in [3.8, 4) is 11.5 Å². The Morgan fingerprint density at radius 2 is 2.04 bits per heavy atom. The highest BCUT2D eigenvalue weighted by molar-refractivity contribution is 5.95. The van der Waals surface area contributed by atoms with Crippen molar-refractivity contribution >= 4 is 16.8 Å². The monoisotopic (exact) mass is 355 g/mol. The molecule has 8 heteroatoms. The van der Waals surface area contributed by atoms with Crippen molar-refractivity contribution in [3.05, 3.63) is 63.7 Å². The second-order valence-corrected chi connectivity index (χ2v) is 5.83. The van der Waals surface area contributed by atoms with Crippen molar-refractivity contribution in [1.82, 2.24) is 15.1 Å². The van der Waals surface area contributed by atoms with Crippen molar-refractivity contribution in [2.45, 2.75) is 6.54 Å². The number of rotatable bonds is 3. The van der Waals surface area contributed by atoms with Crippen molar-refractivity contribution < 1.29 is 18.7 Å². The number of hydrogen-bond acceptors (Lipinski definition) is 5. The van der Waals surface area contributed by atoms with E-state index in [2.05, 4.69) is 10.4 Å². The van der Waals surface area contributed by atoms with Crippen LogP contribution in [0.3, 0.4) is 0 Å². The molecule has 7 nitrogen and oxygen atoms in total. The highest BCUT2D eigenvalue weighted by Crippen LogP contribution is 2.32. The van der Waals surface area contributed by atoms with Crippen molar-refractivity contribution in [2.75, 3.05) is 6.79 Å². The number of benzene rings is 2. The minimum absolute atomic E-state index is 0.107. The van der Waals surface area contributed by atoms with Gasteiger partial charge in [0, 0.05) is 13.6 Å². The lowest BCUT2D eigenvalue weighted by Gasteiger charge is -2.09. The molecule has 0 unspecified atom stereocenters. The van der Waals surface area contributed by atoms with Crippen LogP contribution in [-0.4, -0.2) is 22.5 Å². The van der Waals surface area contributed by atoms with Crippen molar-refractivity contribution in [2.24, 2.45) is 7.05 Å². The molecule has 1 aliphatic rings. The van der Waals surface area contributed by atoms with Crippen LogP contribution in [0.1, 0.15) is 16.1 Å². The van der Waals surface area contributed by atoms with Gasteiger partial charge in [0.05, 0.1) is 10.9 Å². The molecule has 4 rings (SSSR count). The van der Waals surface area contributed by atoms with Crippen molar-refractivity contribution in [1.29, 1.82) is 0 Å². The SMILES string of the molecule is Cn1nc(C(=O)NCc2ccc3c(c2)OCO3)c(=O)c2cc(F)ccc21. The average molecular weight is 355 g/mol. The molecule has 0 saturated heterocycles. The third-order valence-corrected chi connectivity index (χ3v) is 4.12. The first-order chi connectivity index (χ1) is 12.5. The van der Waals surface area contributed by atoms with Gasteiger partial charge >= 0.3 is 0 Å². The van der Waals surface area contributed by atoms with E-state index in [1.165, 1.54) is 16.8 Å². The molecule has 2 aromatic carbocycles. The molecule has 0 fully saturated rings. The van der Waals surface area contributed by atoms with Crippen LogP contribution in [0.25, 0.3) is 10.9 Å². The van der Waals surface area contributed by atoms with Gasteiger partial charge in [0.1, 0.15) is 5.82 Å². The Bertz CT molecular complexity index is 1090. The summed E-state index contributed by atoms with van der Waals surface area (Å²) in [6.07, 6.45) is 0. The van der Waals surface area contributed by atoms with Crippen molar-refractivity contribution in [3.63, 3.8) is 0 Å². The summed E-state index contributed by atoms with van der Waals surface area (Å²) in [6.45, 7) is 0.347. The van der Waals surface area contributed by atoms with Gasteiger partial charge in [0.2, 0.25) is 12.2 Å². The number of halogens is 1. The van der Waals surface area contributed by atoms with Gasteiger partial charge in [-0.1, -0.05) is 6.07 Å². The number of hydrogen-bond donors (Lipinski definition) is 1. The predicted octanol–water partition coefficient (Wildman–Crippen LogP) is 1.73. The summed E-state index contributed by atoms with van der Waals surface area (Å²) in [5.74, 6) is 0.0704. The molecule has 0 saturated carbocycles. The number of ether oxygens (including phenoxy) is 2. The molecule has 0 bridgehead atoms. The van der Waals surface area contributed by atoms with E-state index >= 15 is 0 Å². The van der Waals surface area contributed by atoms with Crippen LogP contribution in [0.15, 0.2) is 41.2 Å². The van der Waals surface area contributed by atoms with E-state index in [0.717, 1.165) is 11.6 Å². The molecule has 26 heavy (non-hydrogen) atoms. The van der Waals surface area contributed by atoms with Crippen LogP contribution in [-0.2, 0) is 13.6 Å². The summed E-state index contributed by atoms with van der Waals surface area (Å²) in [5, 5.41) is 6.78. The van der Waals surface area contributed by atoms with Gasteiger partial charge in [-0.25, -0.2) is 4.39 Å². The molecule has 3 aromatic rings. The maximum absolute atomic E-state index is 13.5. The van der Waals surface area contributed by atoms with E-state index < -0.39 is 17.2 Å². The Morgan fingerprint density at radius 1 is 1.23 bits per heavy atom. The topological polar surface area (TPSA) is 82.5 Å². The van der Waals surface area contributed by atoms with Crippen LogP contribution < -0.4 is 20.2 Å². The molecule has 0 radical (unpaired) electrons. The standard InChI is InChI=1S/C18H14FN3O4/c1-22-13-4-3-11(19)7-12(13)17(23)16(21-22)18(24)20-8-10-2-5-14-15(6-10)26-9-25-14/h2-7H,8-9H2,1H3,(H,20,24). The zero-order chi connectivity index (χ0) is 18.3. The van der Waals surface area contributed by atoms with Gasteiger partial charge in [-0.15, -0.1) is 0 Å². The third kappa shape index (κ3) is 2.75. The Labute approximate surface area is 147 Å². The number of carbonyl (C=O) groups excluding carboxylic acids is 1. The molecule has 2 heterocycles. The quantitative estimate of drug-likeness (QED) is 0.774. The average Bonchev–Trinajstić information content (AvgIpc) is 3.10. The molecule has 1 aliphatic heterocycles. The second kappa shape index (κ2) is 6.14. The first kappa shape index (κ1) is 16.1. The van der Waals surface area contributed by atoms with Gasteiger partial charge in [-0.2, -0.15) is 5.10 Å². The minimum Gasteiger partial charge on any atom is -0.454 e. The van der Waals surface area contributed by atoms with Gasteiger partial charge in [0.15, 0.2) is 17.2 Å². The smallest absolute Gasteiger partial charge is 0.276 e. The second-order valence-electron chi connectivity index (χ2n) is 5.83. The van der Waals surface area contributed by atoms with Gasteiger partial charge < -0.3 is 14.8 Å². The number of carbonyl (C=O) groups is 1. The fraction of sp³-hybridized carbons (Fsp3) is 0.167. The lowest BCUT2D eigenvalue weighted by molar-refractivity contribution is 0.0943. The lowest BCUT2D eigenvalue weighted by atomic mass is 10.1. The fourth-order valence-corrected chi connectivity index (χ4v) is 2.81. The molecule has 1 N–H and O–H groups in total. The summed E-state index contributed by atoms with van der Waals surface area (Å²) in [4.78, 5) is 24.9. The van der Waals surface area contributed by atoms with E-state index in [1.54, 1.807) is 25.2 Å². The fourth-order valence-electron chi connectivity index (χ4n) is 2.81. The van der Waals surface area contributed by atoms with Gasteiger partial charge in [-0.05, 0) is 35.9 Å². The first-order valence-corrected chi connectivity index (χ1v) is 7.86. The summed E-state index contributed by atoms with van der Waals surface area (Å²) in [6, 6.07) is 9.09. The Kier molecular flexibility index (Phi) is 3.80. The molecule has 0 spiro atoms. The van der Waals surface area contributed by atoms with E-state index in [-0.39, 0.29) is 24.4 Å². The van der Waals surface area contributed by atoms with Gasteiger partial charge in [0.25, 0.3) is 5.91 Å². The summed E-state index contributed by atoms with van der Waals surface area (Å²) in [7, 11) is 1.59. The molecule has 1 amide bonds. The number of amides is 1. The zero-order valence-electron chi connectivity index (χ0n) is 13.8. The molecule has 0 atom stereocenters. The maximum Gasteiger partial charge on any atom is 0.276 e.